The van der Waals surface area contributed by atoms with Crippen LogP contribution < -0.4 is 5.32 Å². The first kappa shape index (κ1) is 15.0. The smallest absolute Gasteiger partial charge is 0.0240 e. The number of hydrogen-bond acceptors (Lipinski definition) is 3. The minimum absolute atomic E-state index is 0.975. The van der Waals surface area contributed by atoms with Crippen molar-refractivity contribution in [2.45, 2.75) is 45.3 Å². The van der Waals surface area contributed by atoms with Gasteiger partial charge in [0.25, 0.3) is 0 Å². The minimum Gasteiger partial charge on any atom is -0.316 e. The van der Waals surface area contributed by atoms with Crippen molar-refractivity contribution in [3.05, 3.63) is 34.9 Å². The molecule has 1 saturated heterocycles. The Labute approximate surface area is 129 Å². The van der Waals surface area contributed by atoms with E-state index in [1.165, 1.54) is 63.0 Å². The number of likely N-dealkylation sites (tertiary alicyclic amines) is 1. The predicted molar refractivity (Wildman–Crippen MR) is 88.2 cm³/mol. The second-order valence-corrected chi connectivity index (χ2v) is 6.60. The van der Waals surface area contributed by atoms with Gasteiger partial charge >= 0.3 is 0 Å². The van der Waals surface area contributed by atoms with Crippen LogP contribution in [0.2, 0.25) is 0 Å². The molecule has 2 aliphatic heterocycles. The van der Waals surface area contributed by atoms with Crippen molar-refractivity contribution in [2.75, 3.05) is 33.2 Å². The molecule has 21 heavy (non-hydrogen) atoms. The topological polar surface area (TPSA) is 18.5 Å². The molecule has 0 spiro atoms. The summed E-state index contributed by atoms with van der Waals surface area (Å²) in [5.41, 5.74) is 4.49. The molecule has 1 N–H and O–H groups in total. The van der Waals surface area contributed by atoms with Crippen molar-refractivity contribution in [3.63, 3.8) is 0 Å². The molecule has 0 saturated carbocycles. The average Bonchev–Trinajstić information content (AvgIpc) is 3.12. The van der Waals surface area contributed by atoms with Crippen LogP contribution in [0.25, 0.3) is 0 Å². The van der Waals surface area contributed by atoms with Gasteiger partial charge in [0.15, 0.2) is 0 Å². The number of benzene rings is 1. The summed E-state index contributed by atoms with van der Waals surface area (Å²) in [6.07, 6.45) is 5.53. The number of hydrogen-bond donors (Lipinski definition) is 1. The Hall–Kier alpha value is -0.900. The van der Waals surface area contributed by atoms with E-state index < -0.39 is 0 Å². The van der Waals surface area contributed by atoms with Crippen LogP contribution in [0.1, 0.15) is 42.4 Å². The Balaban J connectivity index is 1.40. The van der Waals surface area contributed by atoms with Gasteiger partial charge in [0.2, 0.25) is 0 Å². The number of fused-ring (bicyclic) bond motifs is 1. The molecule has 0 atom stereocenters. The third-order valence-corrected chi connectivity index (χ3v) is 4.84. The lowest BCUT2D eigenvalue weighted by molar-refractivity contribution is 0.263. The largest absolute Gasteiger partial charge is 0.316 e. The Morgan fingerprint density at radius 2 is 1.67 bits per heavy atom. The van der Waals surface area contributed by atoms with Crippen LogP contribution >= 0.6 is 0 Å². The Morgan fingerprint density at radius 3 is 2.43 bits per heavy atom. The van der Waals surface area contributed by atoms with E-state index in [9.17, 15) is 0 Å². The zero-order valence-corrected chi connectivity index (χ0v) is 13.4. The van der Waals surface area contributed by atoms with Gasteiger partial charge in [0.05, 0.1) is 0 Å². The first-order valence-electron chi connectivity index (χ1n) is 8.55. The summed E-state index contributed by atoms with van der Waals surface area (Å²) in [7, 11) is 2.01. The fourth-order valence-electron chi connectivity index (χ4n) is 3.67. The van der Waals surface area contributed by atoms with E-state index in [4.69, 9.17) is 0 Å². The molecule has 0 bridgehead atoms. The van der Waals surface area contributed by atoms with Gasteiger partial charge in [-0.3, -0.25) is 4.90 Å². The van der Waals surface area contributed by atoms with Gasteiger partial charge in [-0.05, 0) is 75.6 Å². The zero-order chi connectivity index (χ0) is 14.5. The third kappa shape index (κ3) is 4.06. The molecule has 2 heterocycles. The standard InChI is InChI=1S/C18H29N3/c1-19-13-16-6-7-17-14-21(15-18(17)12-16)11-5-4-10-20-8-2-3-9-20/h6-7,12,19H,2-5,8-11,13-15H2,1H3. The molecule has 1 aromatic carbocycles. The monoisotopic (exact) mass is 287 g/mol. The van der Waals surface area contributed by atoms with E-state index in [2.05, 4.69) is 33.3 Å². The van der Waals surface area contributed by atoms with Crippen LogP contribution in [0.15, 0.2) is 18.2 Å². The van der Waals surface area contributed by atoms with E-state index in [1.54, 1.807) is 5.56 Å². The van der Waals surface area contributed by atoms with Crippen LogP contribution in [-0.2, 0) is 19.6 Å². The molecule has 0 radical (unpaired) electrons. The van der Waals surface area contributed by atoms with Gasteiger partial charge in [-0.2, -0.15) is 0 Å². The van der Waals surface area contributed by atoms with Gasteiger partial charge in [-0.1, -0.05) is 18.2 Å². The zero-order valence-electron chi connectivity index (χ0n) is 13.4. The van der Waals surface area contributed by atoms with Crippen LogP contribution in [0, 0.1) is 0 Å². The van der Waals surface area contributed by atoms with E-state index >= 15 is 0 Å². The minimum atomic E-state index is 0.975. The molecule has 3 nitrogen and oxygen atoms in total. The predicted octanol–water partition coefficient (Wildman–Crippen LogP) is 2.60. The van der Waals surface area contributed by atoms with E-state index in [-0.39, 0.29) is 0 Å². The van der Waals surface area contributed by atoms with Crippen LogP contribution in [0.3, 0.4) is 0 Å². The summed E-state index contributed by atoms with van der Waals surface area (Å²) in [4.78, 5) is 5.24. The van der Waals surface area contributed by atoms with Crippen LogP contribution in [-0.4, -0.2) is 43.0 Å². The number of rotatable bonds is 7. The van der Waals surface area contributed by atoms with Crippen molar-refractivity contribution in [3.8, 4) is 0 Å². The molecular formula is C18H29N3. The highest BCUT2D eigenvalue weighted by Gasteiger charge is 2.18. The molecule has 0 unspecified atom stereocenters. The lowest BCUT2D eigenvalue weighted by atomic mass is 10.1. The molecule has 3 heteroatoms. The third-order valence-electron chi connectivity index (χ3n) is 4.84. The van der Waals surface area contributed by atoms with Gasteiger partial charge in [0, 0.05) is 19.6 Å². The summed E-state index contributed by atoms with van der Waals surface area (Å²) in [5.74, 6) is 0. The second kappa shape index (κ2) is 7.39. The van der Waals surface area contributed by atoms with E-state index in [1.807, 2.05) is 7.05 Å². The molecule has 0 aliphatic carbocycles. The van der Waals surface area contributed by atoms with Gasteiger partial charge in [0.1, 0.15) is 0 Å². The summed E-state index contributed by atoms with van der Waals surface area (Å²) in [6, 6.07) is 6.98. The maximum Gasteiger partial charge on any atom is 0.0240 e. The highest BCUT2D eigenvalue weighted by Crippen LogP contribution is 2.24. The highest BCUT2D eigenvalue weighted by atomic mass is 15.1. The maximum absolute atomic E-state index is 3.24. The van der Waals surface area contributed by atoms with Crippen molar-refractivity contribution in [2.24, 2.45) is 0 Å². The van der Waals surface area contributed by atoms with Crippen LogP contribution in [0.5, 0.6) is 0 Å². The number of nitrogens with one attached hydrogen (secondary N) is 1. The molecule has 1 aromatic rings. The average molecular weight is 287 g/mol. The number of unbranched alkanes of at least 4 members (excludes halogenated alkanes) is 1. The first-order valence-corrected chi connectivity index (χ1v) is 8.55. The van der Waals surface area contributed by atoms with E-state index in [0.29, 0.717) is 0 Å². The molecule has 0 aromatic heterocycles. The van der Waals surface area contributed by atoms with Crippen molar-refractivity contribution < 1.29 is 0 Å². The molecule has 2 aliphatic rings. The van der Waals surface area contributed by atoms with Gasteiger partial charge in [-0.25, -0.2) is 0 Å². The lowest BCUT2D eigenvalue weighted by Crippen LogP contribution is -2.22. The summed E-state index contributed by atoms with van der Waals surface area (Å²) in [5, 5.41) is 3.24. The van der Waals surface area contributed by atoms with Crippen LogP contribution in [0.4, 0.5) is 0 Å². The quantitative estimate of drug-likeness (QED) is 0.778. The first-order chi connectivity index (χ1) is 10.3. The SMILES string of the molecule is CNCc1ccc2c(c1)CN(CCCCN1CCCC1)C2. The maximum atomic E-state index is 3.24. The summed E-state index contributed by atoms with van der Waals surface area (Å²) < 4.78 is 0. The van der Waals surface area contributed by atoms with Crippen molar-refractivity contribution >= 4 is 0 Å². The number of nitrogens with zero attached hydrogens (tertiary/aromatic N) is 2. The summed E-state index contributed by atoms with van der Waals surface area (Å²) >= 11 is 0. The molecule has 1 fully saturated rings. The van der Waals surface area contributed by atoms with Crippen molar-refractivity contribution in [1.82, 2.24) is 15.1 Å². The fraction of sp³-hybridized carbons (Fsp3) is 0.667. The Kier molecular flexibility index (Phi) is 5.28. The van der Waals surface area contributed by atoms with Gasteiger partial charge in [-0.15, -0.1) is 0 Å². The Bertz CT molecular complexity index is 452. The summed E-state index contributed by atoms with van der Waals surface area (Å²) in [6.45, 7) is 8.52. The Morgan fingerprint density at radius 1 is 0.952 bits per heavy atom. The van der Waals surface area contributed by atoms with Crippen molar-refractivity contribution in [1.29, 1.82) is 0 Å². The second-order valence-electron chi connectivity index (χ2n) is 6.60. The molecule has 116 valence electrons. The normalized spacial score (nSPS) is 19.3. The highest BCUT2D eigenvalue weighted by molar-refractivity contribution is 5.34. The molecule has 0 amide bonds. The molecule has 3 rings (SSSR count). The van der Waals surface area contributed by atoms with Gasteiger partial charge < -0.3 is 10.2 Å². The lowest BCUT2D eigenvalue weighted by Gasteiger charge is -2.17. The molecular weight excluding hydrogens is 258 g/mol. The fourth-order valence-corrected chi connectivity index (χ4v) is 3.67. The van der Waals surface area contributed by atoms with E-state index in [0.717, 1.165) is 19.6 Å².